The predicted molar refractivity (Wildman–Crippen MR) is 79.0 cm³/mol. The zero-order valence-electron chi connectivity index (χ0n) is 12.8. The molecule has 0 aliphatic heterocycles. The summed E-state index contributed by atoms with van der Waals surface area (Å²) in [5, 5.41) is 9.35. The number of ether oxygens (including phenoxy) is 1. The Morgan fingerprint density at radius 3 is 2.43 bits per heavy atom. The third kappa shape index (κ3) is 8.19. The lowest BCUT2D eigenvalue weighted by atomic mass is 10.0. The fraction of sp³-hybridized carbons (Fsp3) is 0.714. The fourth-order valence-corrected chi connectivity index (χ4v) is 1.74. The molecule has 7 heteroatoms. The van der Waals surface area contributed by atoms with Gasteiger partial charge in [0.05, 0.1) is 18.9 Å². The van der Waals surface area contributed by atoms with Crippen molar-refractivity contribution in [2.75, 3.05) is 6.61 Å². The van der Waals surface area contributed by atoms with E-state index in [-0.39, 0.29) is 25.4 Å². The van der Waals surface area contributed by atoms with E-state index in [1.165, 1.54) is 0 Å². The predicted octanol–water partition coefficient (Wildman–Crippen LogP) is 0.407. The second-order valence-electron chi connectivity index (χ2n) is 5.20. The van der Waals surface area contributed by atoms with E-state index in [0.717, 1.165) is 0 Å². The van der Waals surface area contributed by atoms with Gasteiger partial charge in [-0.15, -0.1) is 0 Å². The molecule has 0 radical (unpaired) electrons. The van der Waals surface area contributed by atoms with Crippen molar-refractivity contribution in [2.24, 2.45) is 11.7 Å². The number of hydrogen-bond acceptors (Lipinski definition) is 6. The van der Waals surface area contributed by atoms with Crippen LogP contribution in [-0.2, 0) is 19.1 Å². The summed E-state index contributed by atoms with van der Waals surface area (Å²) < 4.78 is 4.87. The third-order valence-corrected chi connectivity index (χ3v) is 2.79. The minimum absolute atomic E-state index is 0.00726. The van der Waals surface area contributed by atoms with Crippen molar-refractivity contribution in [3.05, 3.63) is 0 Å². The Bertz CT molecular complexity index is 382. The number of nitrogens with two attached hydrogens (primary N) is 1. The highest BCUT2D eigenvalue weighted by atomic mass is 16.5. The second-order valence-corrected chi connectivity index (χ2v) is 5.20. The monoisotopic (exact) mass is 299 g/mol. The zero-order chi connectivity index (χ0) is 16.4. The number of carbonyl (C=O) groups excluding carboxylic acids is 3. The van der Waals surface area contributed by atoms with Gasteiger partial charge < -0.3 is 21.2 Å². The first-order chi connectivity index (χ1) is 9.81. The summed E-state index contributed by atoms with van der Waals surface area (Å²) in [5.41, 5.74) is 5.76. The molecular weight excluding hydrogens is 274 g/mol. The van der Waals surface area contributed by atoms with E-state index < -0.39 is 29.7 Å². The summed E-state index contributed by atoms with van der Waals surface area (Å²) in [7, 11) is 0. The van der Waals surface area contributed by atoms with Crippen LogP contribution in [0.5, 0.6) is 0 Å². The van der Waals surface area contributed by atoms with Crippen LogP contribution >= 0.6 is 0 Å². The van der Waals surface area contributed by atoms with Crippen LogP contribution < -0.4 is 11.1 Å². The lowest BCUT2D eigenvalue weighted by molar-refractivity contribution is -0.147. The molecule has 0 aromatic carbocycles. The van der Waals surface area contributed by atoms with E-state index in [9.17, 15) is 14.4 Å². The second kappa shape index (κ2) is 10.0. The molecule has 0 spiro atoms. The first kappa shape index (κ1) is 19.2. The van der Waals surface area contributed by atoms with Crippen LogP contribution in [0.2, 0.25) is 0 Å². The molecule has 0 saturated carbocycles. The largest absolute Gasteiger partial charge is 0.464 e. The molecular formula is C14H25N3O4. The standard InChI is InChI=1S/C14H25N3O4/c1-4-21-14(20)12(6-5-10(18)8-15)17-13(19)11(16)7-9(2)3/h8-9,11-12,15H,4-7,16H2,1-3H3,(H,17,19)/t11-,12-/m0/s1. The minimum Gasteiger partial charge on any atom is -0.464 e. The Labute approximate surface area is 125 Å². The smallest absolute Gasteiger partial charge is 0.328 e. The lowest BCUT2D eigenvalue weighted by Crippen LogP contribution is -2.49. The molecule has 0 aliphatic rings. The number of Topliss-reactive ketones (excluding diaryl/α,β-unsaturated/α-hetero) is 1. The molecule has 0 aromatic heterocycles. The quantitative estimate of drug-likeness (QED) is 0.398. The van der Waals surface area contributed by atoms with Gasteiger partial charge in [0.1, 0.15) is 6.04 Å². The van der Waals surface area contributed by atoms with Gasteiger partial charge in [-0.3, -0.25) is 9.59 Å². The number of esters is 1. The van der Waals surface area contributed by atoms with Gasteiger partial charge in [0, 0.05) is 6.42 Å². The molecule has 21 heavy (non-hydrogen) atoms. The molecule has 0 bridgehead atoms. The Kier molecular flexibility index (Phi) is 9.20. The van der Waals surface area contributed by atoms with E-state index in [1.54, 1.807) is 6.92 Å². The van der Waals surface area contributed by atoms with Crippen molar-refractivity contribution in [3.63, 3.8) is 0 Å². The van der Waals surface area contributed by atoms with Crippen LogP contribution in [0, 0.1) is 11.3 Å². The molecule has 0 heterocycles. The zero-order valence-corrected chi connectivity index (χ0v) is 12.8. The topological polar surface area (TPSA) is 122 Å². The fourth-order valence-electron chi connectivity index (χ4n) is 1.74. The maximum atomic E-state index is 11.9. The normalized spacial score (nSPS) is 13.4. The molecule has 2 atom stereocenters. The summed E-state index contributed by atoms with van der Waals surface area (Å²) in [6.45, 7) is 5.73. The molecule has 0 fully saturated rings. The van der Waals surface area contributed by atoms with Gasteiger partial charge in [0.2, 0.25) is 5.91 Å². The van der Waals surface area contributed by atoms with Crippen molar-refractivity contribution in [1.29, 1.82) is 5.41 Å². The van der Waals surface area contributed by atoms with Crippen LogP contribution in [0.25, 0.3) is 0 Å². The van der Waals surface area contributed by atoms with E-state index >= 15 is 0 Å². The SMILES string of the molecule is CCOC(=O)[C@H](CCC(=O)C=N)NC(=O)[C@@H](N)CC(C)C. The Morgan fingerprint density at radius 1 is 1.33 bits per heavy atom. The average Bonchev–Trinajstić information content (AvgIpc) is 2.41. The summed E-state index contributed by atoms with van der Waals surface area (Å²) in [6, 6.07) is -1.63. The van der Waals surface area contributed by atoms with Crippen molar-refractivity contribution in [3.8, 4) is 0 Å². The van der Waals surface area contributed by atoms with Gasteiger partial charge in [-0.1, -0.05) is 13.8 Å². The van der Waals surface area contributed by atoms with E-state index in [1.807, 2.05) is 13.8 Å². The summed E-state index contributed by atoms with van der Waals surface area (Å²) in [4.78, 5) is 34.8. The summed E-state index contributed by atoms with van der Waals surface area (Å²) in [5.74, 6) is -1.19. The van der Waals surface area contributed by atoms with Crippen molar-refractivity contribution in [1.82, 2.24) is 5.32 Å². The molecule has 7 nitrogen and oxygen atoms in total. The van der Waals surface area contributed by atoms with Gasteiger partial charge in [0.25, 0.3) is 0 Å². The third-order valence-electron chi connectivity index (χ3n) is 2.79. The number of ketones is 1. The molecule has 0 aliphatic carbocycles. The van der Waals surface area contributed by atoms with Crippen LogP contribution in [-0.4, -0.2) is 42.6 Å². The molecule has 0 unspecified atom stereocenters. The molecule has 120 valence electrons. The van der Waals surface area contributed by atoms with Gasteiger partial charge in [-0.2, -0.15) is 0 Å². The summed E-state index contributed by atoms with van der Waals surface area (Å²) >= 11 is 0. The Hall–Kier alpha value is -1.76. The van der Waals surface area contributed by atoms with Crippen LogP contribution in [0.1, 0.15) is 40.0 Å². The van der Waals surface area contributed by atoms with E-state index in [0.29, 0.717) is 12.6 Å². The highest BCUT2D eigenvalue weighted by Crippen LogP contribution is 2.05. The van der Waals surface area contributed by atoms with Crippen LogP contribution in [0.4, 0.5) is 0 Å². The number of nitrogens with one attached hydrogen (secondary N) is 2. The highest BCUT2D eigenvalue weighted by molar-refractivity contribution is 6.26. The Morgan fingerprint density at radius 2 is 1.95 bits per heavy atom. The highest BCUT2D eigenvalue weighted by Gasteiger charge is 2.25. The van der Waals surface area contributed by atoms with Crippen molar-refractivity contribution in [2.45, 2.75) is 52.1 Å². The van der Waals surface area contributed by atoms with Gasteiger partial charge in [-0.25, -0.2) is 4.79 Å². The molecule has 0 saturated heterocycles. The maximum absolute atomic E-state index is 11.9. The number of hydrogen-bond donors (Lipinski definition) is 3. The Balaban J connectivity index is 4.64. The number of rotatable bonds is 10. The summed E-state index contributed by atoms with van der Waals surface area (Å²) in [6.07, 6.45) is 1.27. The van der Waals surface area contributed by atoms with Gasteiger partial charge >= 0.3 is 5.97 Å². The van der Waals surface area contributed by atoms with Crippen molar-refractivity contribution >= 4 is 23.9 Å². The molecule has 4 N–H and O–H groups in total. The number of amides is 1. The van der Waals surface area contributed by atoms with Gasteiger partial charge in [0.15, 0.2) is 5.78 Å². The maximum Gasteiger partial charge on any atom is 0.328 e. The number of carbonyl (C=O) groups is 3. The van der Waals surface area contributed by atoms with Crippen molar-refractivity contribution < 1.29 is 19.1 Å². The molecule has 0 aromatic rings. The first-order valence-corrected chi connectivity index (χ1v) is 7.07. The average molecular weight is 299 g/mol. The van der Waals surface area contributed by atoms with Gasteiger partial charge in [-0.05, 0) is 25.7 Å². The molecule has 0 rings (SSSR count). The van der Waals surface area contributed by atoms with E-state index in [2.05, 4.69) is 5.32 Å². The lowest BCUT2D eigenvalue weighted by Gasteiger charge is -2.20. The molecule has 1 amide bonds. The van der Waals surface area contributed by atoms with Crippen LogP contribution in [0.15, 0.2) is 0 Å². The van der Waals surface area contributed by atoms with E-state index in [4.69, 9.17) is 15.9 Å². The first-order valence-electron chi connectivity index (χ1n) is 7.07. The van der Waals surface area contributed by atoms with Crippen LogP contribution in [0.3, 0.4) is 0 Å². The minimum atomic E-state index is -0.917.